The topological polar surface area (TPSA) is 56.1 Å². The standard InChI is InChI=1S/C21H26N2O2/c1-23(15-17-9-3-7-13-21(17)25)19-11-5-4-10-18(19)22-14-16-8-2-6-12-20(16)24/h2-3,6-9,12-14,18-19,24-25H,4-5,10-11,15H2,1H3. The molecule has 0 amide bonds. The molecular weight excluding hydrogens is 312 g/mol. The van der Waals surface area contributed by atoms with E-state index in [1.54, 1.807) is 18.3 Å². The lowest BCUT2D eigenvalue weighted by atomic mass is 9.89. The number of nitrogens with zero attached hydrogens (tertiary/aromatic N) is 2. The van der Waals surface area contributed by atoms with E-state index < -0.39 is 0 Å². The van der Waals surface area contributed by atoms with E-state index in [9.17, 15) is 10.2 Å². The zero-order chi connectivity index (χ0) is 17.6. The van der Waals surface area contributed by atoms with Crippen LogP contribution < -0.4 is 0 Å². The molecule has 25 heavy (non-hydrogen) atoms. The summed E-state index contributed by atoms with van der Waals surface area (Å²) in [4.78, 5) is 7.08. The van der Waals surface area contributed by atoms with E-state index in [2.05, 4.69) is 11.9 Å². The number of hydrogen-bond donors (Lipinski definition) is 2. The number of rotatable bonds is 5. The number of aliphatic imine (C=N–C) groups is 1. The van der Waals surface area contributed by atoms with Crippen molar-refractivity contribution in [2.45, 2.75) is 44.3 Å². The Kier molecular flexibility index (Phi) is 5.71. The molecule has 2 aromatic carbocycles. The Morgan fingerprint density at radius 3 is 2.44 bits per heavy atom. The van der Waals surface area contributed by atoms with Crippen LogP contribution in [0.1, 0.15) is 36.8 Å². The maximum absolute atomic E-state index is 10.0. The van der Waals surface area contributed by atoms with Crippen LogP contribution in [0.25, 0.3) is 0 Å². The van der Waals surface area contributed by atoms with Crippen LogP contribution >= 0.6 is 0 Å². The van der Waals surface area contributed by atoms with E-state index in [-0.39, 0.29) is 11.8 Å². The zero-order valence-electron chi connectivity index (χ0n) is 14.7. The predicted molar refractivity (Wildman–Crippen MR) is 101 cm³/mol. The molecule has 1 saturated carbocycles. The van der Waals surface area contributed by atoms with E-state index in [1.807, 2.05) is 36.4 Å². The summed E-state index contributed by atoms with van der Waals surface area (Å²) in [5.41, 5.74) is 1.70. The summed E-state index contributed by atoms with van der Waals surface area (Å²) >= 11 is 0. The average Bonchev–Trinajstić information content (AvgIpc) is 2.63. The molecule has 0 heterocycles. The lowest BCUT2D eigenvalue weighted by Crippen LogP contribution is -2.42. The summed E-state index contributed by atoms with van der Waals surface area (Å²) in [6, 6.07) is 15.3. The first-order chi connectivity index (χ1) is 12.1. The maximum Gasteiger partial charge on any atom is 0.124 e. The third-order valence-corrected chi connectivity index (χ3v) is 5.01. The highest BCUT2D eigenvalue weighted by atomic mass is 16.3. The van der Waals surface area contributed by atoms with Crippen LogP contribution in [0, 0.1) is 0 Å². The van der Waals surface area contributed by atoms with E-state index in [4.69, 9.17) is 4.99 Å². The first-order valence-corrected chi connectivity index (χ1v) is 8.93. The first kappa shape index (κ1) is 17.5. The highest BCUT2D eigenvalue weighted by Crippen LogP contribution is 2.28. The van der Waals surface area contributed by atoms with Crippen molar-refractivity contribution in [3.8, 4) is 11.5 Å². The lowest BCUT2D eigenvalue weighted by Gasteiger charge is -2.36. The smallest absolute Gasteiger partial charge is 0.124 e. The largest absolute Gasteiger partial charge is 0.508 e. The van der Waals surface area contributed by atoms with Crippen molar-refractivity contribution in [3.05, 3.63) is 59.7 Å². The molecule has 1 fully saturated rings. The van der Waals surface area contributed by atoms with Crippen LogP contribution in [0.5, 0.6) is 11.5 Å². The summed E-state index contributed by atoms with van der Waals surface area (Å²) in [5.74, 6) is 0.612. The molecule has 2 unspecified atom stereocenters. The molecule has 0 aromatic heterocycles. The van der Waals surface area contributed by atoms with Crippen LogP contribution in [0.15, 0.2) is 53.5 Å². The summed E-state index contributed by atoms with van der Waals surface area (Å²) in [6.07, 6.45) is 6.35. The minimum absolute atomic E-state index is 0.212. The second kappa shape index (κ2) is 8.17. The first-order valence-electron chi connectivity index (χ1n) is 8.93. The summed E-state index contributed by atoms with van der Waals surface area (Å²) in [5, 5.41) is 19.9. The molecule has 4 heteroatoms. The van der Waals surface area contributed by atoms with Gasteiger partial charge in [0.05, 0.1) is 6.04 Å². The molecule has 2 N–H and O–H groups in total. The number of likely N-dealkylation sites (N-methyl/N-ethyl adjacent to an activating group) is 1. The molecule has 0 aliphatic heterocycles. The lowest BCUT2D eigenvalue weighted by molar-refractivity contribution is 0.162. The number of hydrogen-bond acceptors (Lipinski definition) is 4. The van der Waals surface area contributed by atoms with Gasteiger partial charge in [-0.05, 0) is 38.1 Å². The molecule has 0 spiro atoms. The minimum atomic E-state index is 0.212. The number of phenols is 2. The Balaban J connectivity index is 1.72. The third kappa shape index (κ3) is 4.40. The van der Waals surface area contributed by atoms with E-state index in [1.165, 1.54) is 12.8 Å². The van der Waals surface area contributed by atoms with Crippen molar-refractivity contribution in [1.29, 1.82) is 0 Å². The van der Waals surface area contributed by atoms with Crippen LogP contribution in [0.4, 0.5) is 0 Å². The second-order valence-corrected chi connectivity index (χ2v) is 6.80. The van der Waals surface area contributed by atoms with Gasteiger partial charge in [0, 0.05) is 29.9 Å². The SMILES string of the molecule is CN(Cc1ccccc1O)C1CCCCC1N=Cc1ccccc1O. The molecule has 2 aromatic rings. The molecule has 0 radical (unpaired) electrons. The molecule has 1 aliphatic rings. The second-order valence-electron chi connectivity index (χ2n) is 6.80. The van der Waals surface area contributed by atoms with Gasteiger partial charge in [0.15, 0.2) is 0 Å². The van der Waals surface area contributed by atoms with Crippen molar-refractivity contribution in [3.63, 3.8) is 0 Å². The fraction of sp³-hybridized carbons (Fsp3) is 0.381. The molecule has 1 aliphatic carbocycles. The highest BCUT2D eigenvalue weighted by molar-refractivity contribution is 5.83. The Labute approximate surface area is 149 Å². The molecule has 132 valence electrons. The summed E-state index contributed by atoms with van der Waals surface area (Å²) < 4.78 is 0. The van der Waals surface area contributed by atoms with Crippen molar-refractivity contribution >= 4 is 6.21 Å². The van der Waals surface area contributed by atoms with E-state index in [0.717, 1.165) is 24.0 Å². The van der Waals surface area contributed by atoms with Gasteiger partial charge < -0.3 is 10.2 Å². The van der Waals surface area contributed by atoms with Gasteiger partial charge >= 0.3 is 0 Å². The normalized spacial score (nSPS) is 21.0. The van der Waals surface area contributed by atoms with Gasteiger partial charge in [-0.15, -0.1) is 0 Å². The number of aromatic hydroxyl groups is 2. The third-order valence-electron chi connectivity index (χ3n) is 5.01. The molecule has 0 saturated heterocycles. The number of phenolic OH excluding ortho intramolecular Hbond substituents is 2. The van der Waals surface area contributed by atoms with E-state index >= 15 is 0 Å². The van der Waals surface area contributed by atoms with Crippen LogP contribution in [0.2, 0.25) is 0 Å². The van der Waals surface area contributed by atoms with Crippen molar-refractivity contribution in [2.75, 3.05) is 7.05 Å². The Hall–Kier alpha value is -2.33. The minimum Gasteiger partial charge on any atom is -0.508 e. The van der Waals surface area contributed by atoms with Crippen LogP contribution in [-0.2, 0) is 6.54 Å². The van der Waals surface area contributed by atoms with Gasteiger partial charge in [-0.3, -0.25) is 9.89 Å². The average molecular weight is 338 g/mol. The monoisotopic (exact) mass is 338 g/mol. The molecule has 4 nitrogen and oxygen atoms in total. The quantitative estimate of drug-likeness (QED) is 0.811. The van der Waals surface area contributed by atoms with Crippen LogP contribution in [0.3, 0.4) is 0 Å². The Bertz CT molecular complexity index is 729. The fourth-order valence-electron chi connectivity index (χ4n) is 3.58. The molecule has 2 atom stereocenters. The zero-order valence-corrected chi connectivity index (χ0v) is 14.7. The highest BCUT2D eigenvalue weighted by Gasteiger charge is 2.28. The fourth-order valence-corrected chi connectivity index (χ4v) is 3.58. The number of para-hydroxylation sites is 2. The van der Waals surface area contributed by atoms with Crippen molar-refractivity contribution in [1.82, 2.24) is 4.90 Å². The Morgan fingerprint density at radius 1 is 1.00 bits per heavy atom. The van der Waals surface area contributed by atoms with E-state index in [0.29, 0.717) is 18.3 Å². The van der Waals surface area contributed by atoms with Gasteiger partial charge in [-0.1, -0.05) is 43.2 Å². The van der Waals surface area contributed by atoms with Gasteiger partial charge in [0.25, 0.3) is 0 Å². The van der Waals surface area contributed by atoms with Gasteiger partial charge in [-0.25, -0.2) is 0 Å². The van der Waals surface area contributed by atoms with Crippen molar-refractivity contribution < 1.29 is 10.2 Å². The molecule has 0 bridgehead atoms. The summed E-state index contributed by atoms with van der Waals surface area (Å²) in [6.45, 7) is 0.708. The van der Waals surface area contributed by atoms with Crippen molar-refractivity contribution in [2.24, 2.45) is 4.99 Å². The van der Waals surface area contributed by atoms with Gasteiger partial charge in [0.2, 0.25) is 0 Å². The van der Waals surface area contributed by atoms with Gasteiger partial charge in [0.1, 0.15) is 11.5 Å². The predicted octanol–water partition coefficient (Wildman–Crippen LogP) is 3.96. The van der Waals surface area contributed by atoms with Gasteiger partial charge in [-0.2, -0.15) is 0 Å². The summed E-state index contributed by atoms with van der Waals surface area (Å²) in [7, 11) is 2.10. The Morgan fingerprint density at radius 2 is 1.68 bits per heavy atom. The molecule has 3 rings (SSSR count). The van der Waals surface area contributed by atoms with Crippen LogP contribution in [-0.4, -0.2) is 40.5 Å². The maximum atomic E-state index is 10.0. The molecular formula is C21H26N2O2. The number of benzene rings is 2.